The lowest BCUT2D eigenvalue weighted by Gasteiger charge is -2.27. The van der Waals surface area contributed by atoms with Crippen molar-refractivity contribution < 1.29 is 4.79 Å². The summed E-state index contributed by atoms with van der Waals surface area (Å²) in [6.45, 7) is 7.23. The second kappa shape index (κ2) is 11.1. The molecule has 3 rings (SSSR count). The maximum absolute atomic E-state index is 12.7. The number of anilines is 1. The number of carbonyl (C=O) groups is 1. The van der Waals surface area contributed by atoms with Gasteiger partial charge >= 0.3 is 0 Å². The summed E-state index contributed by atoms with van der Waals surface area (Å²) in [5.74, 6) is -0.00256. The van der Waals surface area contributed by atoms with E-state index in [9.17, 15) is 4.79 Å². The van der Waals surface area contributed by atoms with Gasteiger partial charge in [0, 0.05) is 37.5 Å². The minimum absolute atomic E-state index is 0. The van der Waals surface area contributed by atoms with Gasteiger partial charge in [-0.2, -0.15) is 0 Å². The monoisotopic (exact) mass is 444 g/mol. The maximum atomic E-state index is 12.7. The SMILES string of the molecule is CCC(CC)(CN)C(=O)Nc1nc2c(s1)CN(Cc1ccccc1)CC2.Cl.Cl. The number of benzene rings is 1. The molecule has 0 atom stereocenters. The Bertz CT molecular complexity index is 742. The first-order chi connectivity index (χ1) is 12.6. The van der Waals surface area contributed by atoms with Crippen molar-refractivity contribution in [1.82, 2.24) is 9.88 Å². The standard InChI is InChI=1S/C20H28N4OS.2ClH/c1-3-20(4-2,14-21)18(25)23-19-22-16-10-11-24(13-17(16)26-19)12-15-8-6-5-7-9-15;;/h5-9H,3-4,10-14,21H2,1-2H3,(H,22,23,25);2*1H. The van der Waals surface area contributed by atoms with E-state index in [1.807, 2.05) is 19.9 Å². The van der Waals surface area contributed by atoms with Crippen molar-refractivity contribution in [3.05, 3.63) is 46.5 Å². The Morgan fingerprint density at radius 1 is 1.25 bits per heavy atom. The van der Waals surface area contributed by atoms with Crippen molar-refractivity contribution in [3.8, 4) is 0 Å². The van der Waals surface area contributed by atoms with Crippen LogP contribution in [-0.2, 0) is 24.3 Å². The number of amides is 1. The summed E-state index contributed by atoms with van der Waals surface area (Å²) in [6.07, 6.45) is 2.40. The van der Waals surface area contributed by atoms with E-state index in [0.29, 0.717) is 11.7 Å². The topological polar surface area (TPSA) is 71.2 Å². The fourth-order valence-electron chi connectivity index (χ4n) is 3.46. The predicted octanol–water partition coefficient (Wildman–Crippen LogP) is 4.25. The molecule has 0 radical (unpaired) electrons. The zero-order valence-electron chi connectivity index (χ0n) is 16.4. The normalized spacial score (nSPS) is 13.8. The minimum atomic E-state index is -0.495. The first kappa shape index (κ1) is 24.9. The maximum Gasteiger partial charge on any atom is 0.233 e. The molecule has 28 heavy (non-hydrogen) atoms. The molecule has 0 aliphatic carbocycles. The Morgan fingerprint density at radius 3 is 2.54 bits per heavy atom. The first-order valence-corrected chi connectivity index (χ1v) is 10.2. The van der Waals surface area contributed by atoms with Gasteiger partial charge in [0.2, 0.25) is 5.91 Å². The predicted molar refractivity (Wildman–Crippen MR) is 122 cm³/mol. The highest BCUT2D eigenvalue weighted by atomic mass is 35.5. The Hall–Kier alpha value is -1.18. The lowest BCUT2D eigenvalue weighted by Crippen LogP contribution is -2.41. The highest BCUT2D eigenvalue weighted by Gasteiger charge is 2.34. The highest BCUT2D eigenvalue weighted by Crippen LogP contribution is 2.32. The van der Waals surface area contributed by atoms with E-state index >= 15 is 0 Å². The fourth-order valence-corrected chi connectivity index (χ4v) is 4.51. The number of halogens is 2. The Balaban J connectivity index is 0.00000196. The quantitative estimate of drug-likeness (QED) is 0.669. The summed E-state index contributed by atoms with van der Waals surface area (Å²) in [6, 6.07) is 10.5. The van der Waals surface area contributed by atoms with E-state index in [1.165, 1.54) is 10.4 Å². The molecule has 156 valence electrons. The largest absolute Gasteiger partial charge is 0.329 e. The van der Waals surface area contributed by atoms with Gasteiger partial charge in [-0.25, -0.2) is 4.98 Å². The van der Waals surface area contributed by atoms with Crippen molar-refractivity contribution in [3.63, 3.8) is 0 Å². The number of thiazole rings is 1. The van der Waals surface area contributed by atoms with Crippen LogP contribution in [0.3, 0.4) is 0 Å². The van der Waals surface area contributed by atoms with Crippen molar-refractivity contribution in [2.75, 3.05) is 18.4 Å². The molecule has 2 aromatic rings. The highest BCUT2D eigenvalue weighted by molar-refractivity contribution is 7.15. The van der Waals surface area contributed by atoms with Gasteiger partial charge in [-0.1, -0.05) is 44.2 Å². The van der Waals surface area contributed by atoms with Crippen LogP contribution in [0.2, 0.25) is 0 Å². The smallest absolute Gasteiger partial charge is 0.233 e. The van der Waals surface area contributed by atoms with Crippen LogP contribution in [0.1, 0.15) is 42.8 Å². The average Bonchev–Trinajstić information content (AvgIpc) is 3.06. The van der Waals surface area contributed by atoms with Crippen LogP contribution in [-0.4, -0.2) is 28.9 Å². The number of hydrogen-bond donors (Lipinski definition) is 2. The molecule has 0 bridgehead atoms. The third-order valence-corrected chi connectivity index (χ3v) is 6.50. The van der Waals surface area contributed by atoms with Gasteiger partial charge in [0.25, 0.3) is 0 Å². The van der Waals surface area contributed by atoms with Crippen LogP contribution in [0.4, 0.5) is 5.13 Å². The van der Waals surface area contributed by atoms with Gasteiger partial charge in [-0.05, 0) is 18.4 Å². The summed E-state index contributed by atoms with van der Waals surface area (Å²) in [5, 5.41) is 3.74. The average molecular weight is 445 g/mol. The first-order valence-electron chi connectivity index (χ1n) is 9.36. The van der Waals surface area contributed by atoms with Gasteiger partial charge in [-0.3, -0.25) is 9.69 Å². The third-order valence-electron chi connectivity index (χ3n) is 5.51. The summed E-state index contributed by atoms with van der Waals surface area (Å²) in [7, 11) is 0. The molecule has 3 N–H and O–H groups in total. The molecule has 0 fully saturated rings. The van der Waals surface area contributed by atoms with E-state index in [1.54, 1.807) is 11.3 Å². The number of hydrogen-bond acceptors (Lipinski definition) is 5. The molecule has 1 aromatic carbocycles. The molecule has 0 spiro atoms. The second-order valence-corrected chi connectivity index (χ2v) is 8.06. The van der Waals surface area contributed by atoms with Gasteiger partial charge in [-0.15, -0.1) is 36.2 Å². The van der Waals surface area contributed by atoms with Gasteiger partial charge < -0.3 is 11.1 Å². The third kappa shape index (κ3) is 5.45. The molecule has 1 aliphatic rings. The van der Waals surface area contributed by atoms with Crippen LogP contribution >= 0.6 is 36.2 Å². The van der Waals surface area contributed by atoms with Crippen LogP contribution in [0.25, 0.3) is 0 Å². The van der Waals surface area contributed by atoms with E-state index in [-0.39, 0.29) is 30.7 Å². The van der Waals surface area contributed by atoms with Crippen molar-refractivity contribution in [1.29, 1.82) is 0 Å². The van der Waals surface area contributed by atoms with E-state index < -0.39 is 5.41 Å². The summed E-state index contributed by atoms with van der Waals surface area (Å²) in [4.78, 5) is 21.1. The van der Waals surface area contributed by atoms with Crippen LogP contribution in [0, 0.1) is 5.41 Å². The number of aromatic nitrogens is 1. The number of carbonyl (C=O) groups excluding carboxylic acids is 1. The molecule has 0 unspecified atom stereocenters. The molecule has 5 nitrogen and oxygen atoms in total. The molecule has 1 aliphatic heterocycles. The van der Waals surface area contributed by atoms with Crippen LogP contribution in [0.15, 0.2) is 30.3 Å². The molecule has 2 heterocycles. The van der Waals surface area contributed by atoms with E-state index in [0.717, 1.165) is 44.6 Å². The van der Waals surface area contributed by atoms with Gasteiger partial charge in [0.05, 0.1) is 11.1 Å². The number of fused-ring (bicyclic) bond motifs is 1. The molecule has 8 heteroatoms. The zero-order valence-corrected chi connectivity index (χ0v) is 18.9. The Kier molecular flexibility index (Phi) is 9.87. The fraction of sp³-hybridized carbons (Fsp3) is 0.500. The number of rotatable bonds is 7. The molecular formula is C20H30Cl2N4OS. The zero-order chi connectivity index (χ0) is 18.6. The van der Waals surface area contributed by atoms with E-state index in [4.69, 9.17) is 5.73 Å². The molecule has 0 saturated heterocycles. The summed E-state index contributed by atoms with van der Waals surface area (Å²) < 4.78 is 0. The van der Waals surface area contributed by atoms with Crippen LogP contribution < -0.4 is 11.1 Å². The second-order valence-electron chi connectivity index (χ2n) is 6.98. The van der Waals surface area contributed by atoms with Crippen molar-refractivity contribution in [2.24, 2.45) is 11.1 Å². The Morgan fingerprint density at radius 2 is 1.93 bits per heavy atom. The number of nitrogens with zero attached hydrogens (tertiary/aromatic N) is 2. The lowest BCUT2D eigenvalue weighted by atomic mass is 9.81. The van der Waals surface area contributed by atoms with Gasteiger partial charge in [0.1, 0.15) is 0 Å². The van der Waals surface area contributed by atoms with E-state index in [2.05, 4.69) is 39.5 Å². The summed E-state index contributed by atoms with van der Waals surface area (Å²) >= 11 is 1.60. The molecule has 1 amide bonds. The molecule has 1 aromatic heterocycles. The van der Waals surface area contributed by atoms with Crippen LogP contribution in [0.5, 0.6) is 0 Å². The Labute approximate surface area is 183 Å². The van der Waals surface area contributed by atoms with Crippen molar-refractivity contribution in [2.45, 2.75) is 46.2 Å². The number of nitrogens with one attached hydrogen (secondary N) is 1. The minimum Gasteiger partial charge on any atom is -0.329 e. The van der Waals surface area contributed by atoms with Crippen molar-refractivity contribution >= 4 is 47.2 Å². The number of nitrogens with two attached hydrogens (primary N) is 1. The lowest BCUT2D eigenvalue weighted by molar-refractivity contribution is -0.125. The summed E-state index contributed by atoms with van der Waals surface area (Å²) in [5.41, 5.74) is 7.85. The molecule has 0 saturated carbocycles. The van der Waals surface area contributed by atoms with Gasteiger partial charge in [0.15, 0.2) is 5.13 Å². The molecular weight excluding hydrogens is 415 g/mol.